The number of ether oxygens (including phenoxy) is 2. The van der Waals surface area contributed by atoms with Crippen LogP contribution in [0.1, 0.15) is 30.4 Å². The first-order chi connectivity index (χ1) is 14.2. The number of benzene rings is 2. The Morgan fingerprint density at radius 3 is 2.52 bits per heavy atom. The van der Waals surface area contributed by atoms with E-state index < -0.39 is 0 Å². The van der Waals surface area contributed by atoms with Crippen LogP contribution in [0, 0.1) is 6.92 Å². The molecule has 1 atom stereocenters. The van der Waals surface area contributed by atoms with Gasteiger partial charge in [-0.25, -0.2) is 4.98 Å². The zero-order valence-corrected chi connectivity index (χ0v) is 17.1. The van der Waals surface area contributed by atoms with E-state index in [9.17, 15) is 0 Å². The van der Waals surface area contributed by atoms with Crippen molar-refractivity contribution in [1.29, 1.82) is 0 Å². The molecule has 5 heteroatoms. The first-order valence-electron chi connectivity index (χ1n) is 10.2. The number of aliphatic hydroxyl groups excluding tert-OH is 1. The maximum absolute atomic E-state index is 9.15. The van der Waals surface area contributed by atoms with E-state index in [1.807, 2.05) is 68.4 Å². The molecule has 1 N–H and O–H groups in total. The van der Waals surface area contributed by atoms with Crippen LogP contribution < -0.4 is 4.74 Å². The fourth-order valence-electron chi connectivity index (χ4n) is 3.24. The summed E-state index contributed by atoms with van der Waals surface area (Å²) in [5.41, 5.74) is 3.07. The van der Waals surface area contributed by atoms with E-state index in [0.717, 1.165) is 29.2 Å². The van der Waals surface area contributed by atoms with Gasteiger partial charge in [0.1, 0.15) is 11.5 Å². The maximum Gasteiger partial charge on any atom is 0.226 e. The second-order valence-corrected chi connectivity index (χ2v) is 6.92. The molecule has 0 aliphatic heterocycles. The Kier molecular flexibility index (Phi) is 7.85. The highest BCUT2D eigenvalue weighted by Crippen LogP contribution is 2.22. The van der Waals surface area contributed by atoms with Crippen LogP contribution >= 0.6 is 0 Å². The van der Waals surface area contributed by atoms with E-state index in [0.29, 0.717) is 31.9 Å². The number of aryl methyl sites for hydroxylation is 1. The highest BCUT2D eigenvalue weighted by molar-refractivity contribution is 5.53. The average molecular weight is 395 g/mol. The highest BCUT2D eigenvalue weighted by Gasteiger charge is 2.12. The Balaban J connectivity index is 1.51. The van der Waals surface area contributed by atoms with Crippen LogP contribution in [-0.2, 0) is 17.6 Å². The van der Waals surface area contributed by atoms with Gasteiger partial charge in [0, 0.05) is 25.2 Å². The number of aliphatic hydroxyl groups is 1. The molecular weight excluding hydrogens is 366 g/mol. The third kappa shape index (κ3) is 6.17. The molecule has 3 aromatic rings. The zero-order valence-electron chi connectivity index (χ0n) is 17.1. The van der Waals surface area contributed by atoms with Crippen molar-refractivity contribution in [2.45, 2.75) is 39.2 Å². The lowest BCUT2D eigenvalue weighted by molar-refractivity contribution is 0.0444. The van der Waals surface area contributed by atoms with Crippen molar-refractivity contribution in [2.24, 2.45) is 0 Å². The van der Waals surface area contributed by atoms with Gasteiger partial charge in [-0.15, -0.1) is 0 Å². The Morgan fingerprint density at radius 1 is 1.07 bits per heavy atom. The summed E-state index contributed by atoms with van der Waals surface area (Å²) in [5.74, 6) is 2.30. The van der Waals surface area contributed by atoms with Crippen molar-refractivity contribution >= 4 is 0 Å². The number of nitrogens with zero attached hydrogens (tertiary/aromatic N) is 1. The van der Waals surface area contributed by atoms with Crippen molar-refractivity contribution in [3.05, 3.63) is 71.6 Å². The topological polar surface area (TPSA) is 64.7 Å². The summed E-state index contributed by atoms with van der Waals surface area (Å²) in [6.07, 6.45) is 2.17. The van der Waals surface area contributed by atoms with Gasteiger partial charge in [0.25, 0.3) is 0 Å². The highest BCUT2D eigenvalue weighted by atomic mass is 16.5. The molecule has 29 heavy (non-hydrogen) atoms. The quantitative estimate of drug-likeness (QED) is 0.514. The summed E-state index contributed by atoms with van der Waals surface area (Å²) in [6.45, 7) is 5.23. The minimum Gasteiger partial charge on any atom is -0.493 e. The second-order valence-electron chi connectivity index (χ2n) is 6.92. The lowest BCUT2D eigenvalue weighted by atomic mass is 10.1. The normalized spacial score (nSPS) is 12.1. The van der Waals surface area contributed by atoms with Crippen LogP contribution in [0.3, 0.4) is 0 Å². The van der Waals surface area contributed by atoms with E-state index in [1.165, 1.54) is 5.56 Å². The average Bonchev–Trinajstić information content (AvgIpc) is 3.11. The standard InChI is InChI=1S/C24H29NO4/c1-3-27-22(13-15-26)17-19-9-11-21(12-10-19)28-16-14-23-18(2)29-24(25-23)20-7-5-4-6-8-20/h4-12,22,26H,3,13-17H2,1-2H3/t22-/m1/s1. The molecule has 0 bridgehead atoms. The fraction of sp³-hybridized carbons (Fsp3) is 0.375. The second kappa shape index (κ2) is 10.8. The first-order valence-corrected chi connectivity index (χ1v) is 10.2. The Labute approximate surface area is 172 Å². The largest absolute Gasteiger partial charge is 0.493 e. The Bertz CT molecular complexity index is 852. The molecular formula is C24H29NO4. The van der Waals surface area contributed by atoms with Gasteiger partial charge in [-0.3, -0.25) is 0 Å². The monoisotopic (exact) mass is 395 g/mol. The van der Waals surface area contributed by atoms with Gasteiger partial charge >= 0.3 is 0 Å². The summed E-state index contributed by atoms with van der Waals surface area (Å²) in [5, 5.41) is 9.15. The van der Waals surface area contributed by atoms with Gasteiger partial charge in [-0.2, -0.15) is 0 Å². The van der Waals surface area contributed by atoms with Crippen LogP contribution in [-0.4, -0.2) is 36.0 Å². The van der Waals surface area contributed by atoms with Gasteiger partial charge in [0.05, 0.1) is 18.4 Å². The van der Waals surface area contributed by atoms with Gasteiger partial charge in [0.15, 0.2) is 0 Å². The van der Waals surface area contributed by atoms with Gasteiger partial charge in [-0.1, -0.05) is 30.3 Å². The van der Waals surface area contributed by atoms with Crippen molar-refractivity contribution in [3.8, 4) is 17.2 Å². The molecule has 154 valence electrons. The predicted molar refractivity (Wildman–Crippen MR) is 113 cm³/mol. The van der Waals surface area contributed by atoms with Crippen molar-refractivity contribution in [3.63, 3.8) is 0 Å². The summed E-state index contributed by atoms with van der Waals surface area (Å²) >= 11 is 0. The number of rotatable bonds is 11. The molecule has 0 aliphatic rings. The van der Waals surface area contributed by atoms with E-state index >= 15 is 0 Å². The molecule has 2 aromatic carbocycles. The molecule has 0 radical (unpaired) electrons. The molecule has 0 unspecified atom stereocenters. The minimum atomic E-state index is 0.0470. The van der Waals surface area contributed by atoms with Crippen LogP contribution in [0.5, 0.6) is 5.75 Å². The van der Waals surface area contributed by atoms with E-state index in [2.05, 4.69) is 4.98 Å². The Hall–Kier alpha value is -2.63. The van der Waals surface area contributed by atoms with Crippen LogP contribution in [0.15, 0.2) is 59.0 Å². The first kappa shape index (κ1) is 21.1. The molecule has 0 aliphatic carbocycles. The minimum absolute atomic E-state index is 0.0470. The molecule has 1 aromatic heterocycles. The molecule has 5 nitrogen and oxygen atoms in total. The number of oxazole rings is 1. The van der Waals surface area contributed by atoms with Crippen molar-refractivity contribution < 1.29 is 19.0 Å². The van der Waals surface area contributed by atoms with E-state index in [4.69, 9.17) is 19.0 Å². The summed E-state index contributed by atoms with van der Waals surface area (Å²) in [7, 11) is 0. The molecule has 0 fully saturated rings. The number of aromatic nitrogens is 1. The molecule has 0 amide bonds. The summed E-state index contributed by atoms with van der Waals surface area (Å²) in [6, 6.07) is 18.0. The fourth-order valence-corrected chi connectivity index (χ4v) is 3.24. The third-order valence-corrected chi connectivity index (χ3v) is 4.76. The lowest BCUT2D eigenvalue weighted by Gasteiger charge is -2.16. The van der Waals surface area contributed by atoms with Gasteiger partial charge < -0.3 is 19.0 Å². The summed E-state index contributed by atoms with van der Waals surface area (Å²) in [4.78, 5) is 4.61. The van der Waals surface area contributed by atoms with Crippen molar-refractivity contribution in [2.75, 3.05) is 19.8 Å². The maximum atomic E-state index is 9.15. The van der Waals surface area contributed by atoms with Crippen LogP contribution in [0.2, 0.25) is 0 Å². The summed E-state index contributed by atoms with van der Waals surface area (Å²) < 4.78 is 17.3. The molecule has 0 spiro atoms. The smallest absolute Gasteiger partial charge is 0.226 e. The molecule has 0 saturated heterocycles. The van der Waals surface area contributed by atoms with Gasteiger partial charge in [0.2, 0.25) is 5.89 Å². The number of hydrogen-bond donors (Lipinski definition) is 1. The molecule has 1 heterocycles. The van der Waals surface area contributed by atoms with Gasteiger partial charge in [-0.05, 0) is 56.5 Å². The predicted octanol–water partition coefficient (Wildman–Crippen LogP) is 4.60. The zero-order chi connectivity index (χ0) is 20.5. The molecule has 3 rings (SSSR count). The lowest BCUT2D eigenvalue weighted by Crippen LogP contribution is -2.17. The van der Waals surface area contributed by atoms with Crippen molar-refractivity contribution in [1.82, 2.24) is 4.98 Å². The third-order valence-electron chi connectivity index (χ3n) is 4.76. The number of hydrogen-bond acceptors (Lipinski definition) is 5. The van der Waals surface area contributed by atoms with E-state index in [-0.39, 0.29) is 12.7 Å². The molecule has 0 saturated carbocycles. The van der Waals surface area contributed by atoms with Crippen LogP contribution in [0.25, 0.3) is 11.5 Å². The Morgan fingerprint density at radius 2 is 1.83 bits per heavy atom. The van der Waals surface area contributed by atoms with Crippen LogP contribution in [0.4, 0.5) is 0 Å². The van der Waals surface area contributed by atoms with E-state index in [1.54, 1.807) is 0 Å². The SMILES string of the molecule is CCO[C@H](CCO)Cc1ccc(OCCc2nc(-c3ccccc3)oc2C)cc1.